The van der Waals surface area contributed by atoms with Crippen molar-refractivity contribution >= 4 is 46.1 Å². The van der Waals surface area contributed by atoms with E-state index in [1.165, 1.54) is 18.9 Å². The maximum absolute atomic E-state index is 12.9. The summed E-state index contributed by atoms with van der Waals surface area (Å²) in [6.45, 7) is 0. The molecule has 0 aromatic heterocycles. The van der Waals surface area contributed by atoms with Crippen molar-refractivity contribution in [2.45, 2.75) is 6.42 Å². The van der Waals surface area contributed by atoms with Gasteiger partial charge in [-0.25, -0.2) is 9.79 Å². The van der Waals surface area contributed by atoms with Crippen molar-refractivity contribution in [3.63, 3.8) is 0 Å². The first-order valence-electron chi connectivity index (χ1n) is 10.1. The van der Waals surface area contributed by atoms with Gasteiger partial charge in [0.2, 0.25) is 5.91 Å². The molecule has 0 fully saturated rings. The molecular weight excluding hydrogens is 438 g/mol. The number of thioether (sulfide) groups is 1. The van der Waals surface area contributed by atoms with Gasteiger partial charge >= 0.3 is 6.09 Å². The molecule has 0 spiro atoms. The summed E-state index contributed by atoms with van der Waals surface area (Å²) < 4.78 is 4.63. The standard InChI is InChI=1S/C25H23N3O4S/c1-32-25(31)28-24(33-2)27-21-16-19(23(30)18-11-7-4-8-12-18)13-14-20(21)26-22(29)15-17-9-5-3-6-10-17/h3-14,16H,15H2,1-2H3,(H,26,29)(H,27,28,31). The topological polar surface area (TPSA) is 96.9 Å². The van der Waals surface area contributed by atoms with E-state index in [0.717, 1.165) is 5.56 Å². The lowest BCUT2D eigenvalue weighted by Gasteiger charge is -2.12. The van der Waals surface area contributed by atoms with Gasteiger partial charge in [0.15, 0.2) is 11.0 Å². The molecule has 0 bridgehead atoms. The van der Waals surface area contributed by atoms with Gasteiger partial charge in [-0.3, -0.25) is 14.9 Å². The van der Waals surface area contributed by atoms with Crippen LogP contribution in [0.2, 0.25) is 0 Å². The van der Waals surface area contributed by atoms with Crippen molar-refractivity contribution in [3.05, 3.63) is 95.6 Å². The first-order chi connectivity index (χ1) is 16.0. The summed E-state index contributed by atoms with van der Waals surface area (Å²) in [6, 6.07) is 23.1. The normalized spacial score (nSPS) is 10.9. The van der Waals surface area contributed by atoms with Crippen LogP contribution in [0.25, 0.3) is 0 Å². The highest BCUT2D eigenvalue weighted by Gasteiger charge is 2.15. The Morgan fingerprint density at radius 2 is 1.58 bits per heavy atom. The molecule has 2 amide bonds. The molecule has 3 rings (SSSR count). The largest absolute Gasteiger partial charge is 0.453 e. The molecule has 0 aliphatic rings. The van der Waals surface area contributed by atoms with Gasteiger partial charge in [0.1, 0.15) is 0 Å². The van der Waals surface area contributed by atoms with Crippen LogP contribution in [0.15, 0.2) is 83.9 Å². The molecular formula is C25H23N3O4S. The number of ketones is 1. The molecule has 0 heterocycles. The molecule has 7 nitrogen and oxygen atoms in total. The predicted octanol–water partition coefficient (Wildman–Crippen LogP) is 4.81. The van der Waals surface area contributed by atoms with Gasteiger partial charge < -0.3 is 10.1 Å². The van der Waals surface area contributed by atoms with Gasteiger partial charge in [-0.15, -0.1) is 0 Å². The Morgan fingerprint density at radius 3 is 2.21 bits per heavy atom. The van der Waals surface area contributed by atoms with Gasteiger partial charge in [-0.2, -0.15) is 0 Å². The van der Waals surface area contributed by atoms with E-state index in [2.05, 4.69) is 20.4 Å². The van der Waals surface area contributed by atoms with Crippen LogP contribution in [0, 0.1) is 0 Å². The quantitative estimate of drug-likeness (QED) is 0.312. The number of ether oxygens (including phenoxy) is 1. The third-order valence-electron chi connectivity index (χ3n) is 4.59. The molecule has 0 aliphatic heterocycles. The van der Waals surface area contributed by atoms with E-state index in [0.29, 0.717) is 22.5 Å². The number of amidine groups is 1. The number of rotatable bonds is 6. The van der Waals surface area contributed by atoms with Crippen LogP contribution in [0.4, 0.5) is 16.2 Å². The first kappa shape index (κ1) is 23.7. The number of nitrogens with one attached hydrogen (secondary N) is 2. The number of amides is 2. The lowest BCUT2D eigenvalue weighted by Crippen LogP contribution is -2.27. The lowest BCUT2D eigenvalue weighted by molar-refractivity contribution is -0.115. The first-order valence-corrected chi connectivity index (χ1v) is 11.3. The number of hydrogen-bond donors (Lipinski definition) is 2. The second-order valence-electron chi connectivity index (χ2n) is 6.88. The fraction of sp³-hybridized carbons (Fsp3) is 0.120. The molecule has 3 aromatic carbocycles. The Balaban J connectivity index is 1.94. The fourth-order valence-electron chi connectivity index (χ4n) is 2.98. The highest BCUT2D eigenvalue weighted by Crippen LogP contribution is 2.29. The number of aliphatic imine (C=N–C) groups is 1. The van der Waals surface area contributed by atoms with E-state index in [-0.39, 0.29) is 23.3 Å². The molecule has 0 radical (unpaired) electrons. The molecule has 0 saturated heterocycles. The Bertz CT molecular complexity index is 1160. The summed E-state index contributed by atoms with van der Waals surface area (Å²) >= 11 is 1.19. The van der Waals surface area contributed by atoms with Crippen LogP contribution in [0.5, 0.6) is 0 Å². The van der Waals surface area contributed by atoms with Crippen molar-refractivity contribution < 1.29 is 19.1 Å². The number of nitrogens with zero attached hydrogens (tertiary/aromatic N) is 1. The van der Waals surface area contributed by atoms with E-state index in [1.807, 2.05) is 36.4 Å². The smallest absolute Gasteiger partial charge is 0.412 e. The minimum Gasteiger partial charge on any atom is -0.453 e. The second kappa shape index (κ2) is 11.6. The van der Waals surface area contributed by atoms with Crippen molar-refractivity contribution in [3.8, 4) is 0 Å². The van der Waals surface area contributed by atoms with Crippen LogP contribution in [0.3, 0.4) is 0 Å². The zero-order valence-electron chi connectivity index (χ0n) is 18.2. The monoisotopic (exact) mass is 461 g/mol. The highest BCUT2D eigenvalue weighted by molar-refractivity contribution is 8.13. The number of anilines is 1. The van der Waals surface area contributed by atoms with Gasteiger partial charge in [0.25, 0.3) is 0 Å². The van der Waals surface area contributed by atoms with Gasteiger partial charge in [-0.05, 0) is 30.0 Å². The van der Waals surface area contributed by atoms with E-state index in [9.17, 15) is 14.4 Å². The third-order valence-corrected chi connectivity index (χ3v) is 5.17. The van der Waals surface area contributed by atoms with Gasteiger partial charge in [-0.1, -0.05) is 72.4 Å². The predicted molar refractivity (Wildman–Crippen MR) is 131 cm³/mol. The Hall–Kier alpha value is -3.91. The number of carbonyl (C=O) groups excluding carboxylic acids is 3. The molecule has 0 unspecified atom stereocenters. The minimum absolute atomic E-state index is 0.180. The van der Waals surface area contributed by atoms with Gasteiger partial charge in [0, 0.05) is 11.1 Å². The molecule has 0 saturated carbocycles. The van der Waals surface area contributed by atoms with Crippen LogP contribution in [-0.4, -0.2) is 36.3 Å². The molecule has 33 heavy (non-hydrogen) atoms. The zero-order chi connectivity index (χ0) is 23.6. The van der Waals surface area contributed by atoms with Crippen molar-refractivity contribution in [1.82, 2.24) is 5.32 Å². The van der Waals surface area contributed by atoms with E-state index >= 15 is 0 Å². The van der Waals surface area contributed by atoms with Crippen LogP contribution >= 0.6 is 11.8 Å². The molecule has 3 aromatic rings. The highest BCUT2D eigenvalue weighted by atomic mass is 32.2. The third kappa shape index (κ3) is 6.78. The summed E-state index contributed by atoms with van der Waals surface area (Å²) in [4.78, 5) is 41.7. The molecule has 8 heteroatoms. The minimum atomic E-state index is -0.672. The lowest BCUT2D eigenvalue weighted by atomic mass is 10.0. The van der Waals surface area contributed by atoms with Crippen molar-refractivity contribution in [2.24, 2.45) is 4.99 Å². The van der Waals surface area contributed by atoms with Crippen LogP contribution in [-0.2, 0) is 16.0 Å². The average Bonchev–Trinajstić information content (AvgIpc) is 2.85. The summed E-state index contributed by atoms with van der Waals surface area (Å²) in [5.41, 5.74) is 2.55. The average molecular weight is 462 g/mol. The number of hydrogen-bond acceptors (Lipinski definition) is 6. The molecule has 2 N–H and O–H groups in total. The molecule has 0 aliphatic carbocycles. The Labute approximate surface area is 196 Å². The Morgan fingerprint density at radius 1 is 0.909 bits per heavy atom. The van der Waals surface area contributed by atoms with E-state index in [4.69, 9.17) is 0 Å². The number of benzene rings is 3. The summed E-state index contributed by atoms with van der Waals surface area (Å²) in [5, 5.41) is 5.63. The second-order valence-corrected chi connectivity index (χ2v) is 7.67. The summed E-state index contributed by atoms with van der Waals surface area (Å²) in [6.07, 6.45) is 1.25. The molecule has 168 valence electrons. The van der Waals surface area contributed by atoms with Crippen LogP contribution in [0.1, 0.15) is 21.5 Å². The van der Waals surface area contributed by atoms with Crippen LogP contribution < -0.4 is 10.6 Å². The van der Waals surface area contributed by atoms with E-state index < -0.39 is 6.09 Å². The SMILES string of the molecule is COC(=O)NC(=Nc1cc(C(=O)c2ccccc2)ccc1NC(=O)Cc1ccccc1)SC. The number of methoxy groups -OCH3 is 1. The number of carbonyl (C=O) groups is 3. The Kier molecular flexibility index (Phi) is 8.37. The van der Waals surface area contributed by atoms with Gasteiger partial charge in [0.05, 0.1) is 24.9 Å². The van der Waals surface area contributed by atoms with E-state index in [1.54, 1.807) is 48.7 Å². The molecule has 0 atom stereocenters. The van der Waals surface area contributed by atoms with Crippen molar-refractivity contribution in [2.75, 3.05) is 18.7 Å². The zero-order valence-corrected chi connectivity index (χ0v) is 19.0. The number of alkyl carbamates (subject to hydrolysis) is 1. The maximum atomic E-state index is 12.9. The fourth-order valence-corrected chi connectivity index (χ4v) is 3.35. The maximum Gasteiger partial charge on any atom is 0.412 e. The van der Waals surface area contributed by atoms with Crippen molar-refractivity contribution in [1.29, 1.82) is 0 Å². The summed E-state index contributed by atoms with van der Waals surface area (Å²) in [5.74, 6) is -0.410. The summed E-state index contributed by atoms with van der Waals surface area (Å²) in [7, 11) is 1.25.